The maximum atomic E-state index is 14.2. The van der Waals surface area contributed by atoms with Gasteiger partial charge in [-0.05, 0) is 47.4 Å². The molecule has 2 N–H and O–H groups in total. The summed E-state index contributed by atoms with van der Waals surface area (Å²) in [6.07, 6.45) is 2.94. The summed E-state index contributed by atoms with van der Waals surface area (Å²) >= 11 is 0. The number of fused-ring (bicyclic) bond motifs is 1. The minimum atomic E-state index is -3.83. The molecule has 222 valence electrons. The van der Waals surface area contributed by atoms with Crippen LogP contribution >= 0.6 is 0 Å². The van der Waals surface area contributed by atoms with Crippen LogP contribution in [0.4, 0.5) is 0 Å². The van der Waals surface area contributed by atoms with Gasteiger partial charge in [0.1, 0.15) is 12.1 Å². The van der Waals surface area contributed by atoms with Crippen molar-refractivity contribution in [2.24, 2.45) is 11.8 Å². The molecule has 0 saturated carbocycles. The molecule has 2 amide bonds. The zero-order valence-corrected chi connectivity index (χ0v) is 24.9. The van der Waals surface area contributed by atoms with Gasteiger partial charge in [0.2, 0.25) is 21.8 Å². The molecule has 0 aromatic heterocycles. The normalized spacial score (nSPS) is 22.3. The first-order valence-corrected chi connectivity index (χ1v) is 16.4. The number of nitrogens with zero attached hydrogens (tertiary/aromatic N) is 2. The number of nitrogens with one attached hydrogen (secondary N) is 2. The van der Waals surface area contributed by atoms with Gasteiger partial charge in [-0.1, -0.05) is 69.2 Å². The number of carbonyl (C=O) groups excluding carboxylic acids is 2. The van der Waals surface area contributed by atoms with E-state index in [1.165, 1.54) is 11.1 Å². The Labute approximate surface area is 243 Å². The lowest BCUT2D eigenvalue weighted by atomic mass is 9.86. The molecule has 0 unspecified atom stereocenters. The third-order valence-corrected chi connectivity index (χ3v) is 10.5. The molecule has 5 rings (SSSR count). The van der Waals surface area contributed by atoms with Crippen LogP contribution in [0.3, 0.4) is 0 Å². The highest BCUT2D eigenvalue weighted by Crippen LogP contribution is 2.34. The molecular formula is C31H42N4O5S. The van der Waals surface area contributed by atoms with Crippen molar-refractivity contribution in [2.45, 2.75) is 63.1 Å². The average Bonchev–Trinajstić information content (AvgIpc) is 3.41. The third kappa shape index (κ3) is 6.51. The van der Waals surface area contributed by atoms with Crippen molar-refractivity contribution in [1.29, 1.82) is 0 Å². The Hall–Kier alpha value is -2.79. The topological polar surface area (TPSA) is 108 Å². The second-order valence-corrected chi connectivity index (χ2v) is 13.1. The Morgan fingerprint density at radius 2 is 1.61 bits per heavy atom. The van der Waals surface area contributed by atoms with E-state index >= 15 is 0 Å². The number of ether oxygens (including phenoxy) is 1. The zero-order chi connectivity index (χ0) is 29.0. The van der Waals surface area contributed by atoms with E-state index in [4.69, 9.17) is 4.74 Å². The molecule has 3 aliphatic rings. The van der Waals surface area contributed by atoms with E-state index < -0.39 is 22.1 Å². The van der Waals surface area contributed by atoms with E-state index in [-0.39, 0.29) is 41.6 Å². The summed E-state index contributed by atoms with van der Waals surface area (Å²) in [5, 5.41) is 3.09. The summed E-state index contributed by atoms with van der Waals surface area (Å²) < 4.78 is 35.1. The predicted molar refractivity (Wildman–Crippen MR) is 157 cm³/mol. The predicted octanol–water partition coefficient (Wildman–Crippen LogP) is 2.34. The van der Waals surface area contributed by atoms with Crippen LogP contribution < -0.4 is 10.0 Å². The van der Waals surface area contributed by atoms with Crippen LogP contribution in [-0.4, -0.2) is 81.5 Å². The number of rotatable bonds is 11. The van der Waals surface area contributed by atoms with Crippen molar-refractivity contribution < 1.29 is 22.7 Å². The lowest BCUT2D eigenvalue weighted by molar-refractivity contribution is -0.154. The molecule has 2 aromatic carbocycles. The van der Waals surface area contributed by atoms with Gasteiger partial charge in [0, 0.05) is 32.7 Å². The van der Waals surface area contributed by atoms with Gasteiger partial charge in [-0.2, -0.15) is 0 Å². The molecule has 2 aliphatic heterocycles. The minimum absolute atomic E-state index is 0.0314. The lowest BCUT2D eigenvalue weighted by Crippen LogP contribution is -2.66. The van der Waals surface area contributed by atoms with Crippen molar-refractivity contribution in [3.63, 3.8) is 0 Å². The number of piperazine rings is 1. The molecular weight excluding hydrogens is 540 g/mol. The fraction of sp³-hybridized carbons (Fsp3) is 0.548. The summed E-state index contributed by atoms with van der Waals surface area (Å²) in [4.78, 5) is 31.8. The number of hydrogen-bond acceptors (Lipinski definition) is 6. The van der Waals surface area contributed by atoms with Crippen molar-refractivity contribution in [3.05, 3.63) is 65.2 Å². The molecule has 1 aliphatic carbocycles. The first-order valence-electron chi connectivity index (χ1n) is 14.9. The van der Waals surface area contributed by atoms with E-state index in [2.05, 4.69) is 27.1 Å². The summed E-state index contributed by atoms with van der Waals surface area (Å²) in [7, 11) is -3.83. The highest BCUT2D eigenvalue weighted by Gasteiger charge is 2.47. The van der Waals surface area contributed by atoms with E-state index in [0.29, 0.717) is 25.3 Å². The maximum absolute atomic E-state index is 14.2. The largest absolute Gasteiger partial charge is 0.379 e. The average molecular weight is 583 g/mol. The smallest absolute Gasteiger partial charge is 0.246 e. The molecule has 0 bridgehead atoms. The summed E-state index contributed by atoms with van der Waals surface area (Å²) in [6.45, 7) is 7.85. The van der Waals surface area contributed by atoms with Gasteiger partial charge in [-0.25, -0.2) is 13.1 Å². The van der Waals surface area contributed by atoms with Gasteiger partial charge in [0.25, 0.3) is 0 Å². The van der Waals surface area contributed by atoms with Crippen LogP contribution in [0.5, 0.6) is 0 Å². The summed E-state index contributed by atoms with van der Waals surface area (Å²) in [5.41, 5.74) is 2.94. The number of sulfonamides is 1. The second-order valence-electron chi connectivity index (χ2n) is 11.4. The van der Waals surface area contributed by atoms with Gasteiger partial charge < -0.3 is 15.0 Å². The molecule has 0 spiro atoms. The molecule has 10 heteroatoms. The molecule has 0 radical (unpaired) electrons. The van der Waals surface area contributed by atoms with Gasteiger partial charge in [-0.3, -0.25) is 14.5 Å². The minimum Gasteiger partial charge on any atom is -0.379 e. The molecule has 9 nitrogen and oxygen atoms in total. The quantitative estimate of drug-likeness (QED) is 0.421. The highest BCUT2D eigenvalue weighted by atomic mass is 32.2. The second kappa shape index (κ2) is 13.0. The molecule has 2 heterocycles. The van der Waals surface area contributed by atoms with E-state index in [1.807, 2.05) is 26.0 Å². The van der Waals surface area contributed by atoms with Crippen LogP contribution in [0.25, 0.3) is 0 Å². The van der Waals surface area contributed by atoms with E-state index in [1.54, 1.807) is 29.2 Å². The number of benzene rings is 2. The Kier molecular flexibility index (Phi) is 9.43. The van der Waals surface area contributed by atoms with Crippen molar-refractivity contribution >= 4 is 21.8 Å². The van der Waals surface area contributed by atoms with Crippen molar-refractivity contribution in [1.82, 2.24) is 19.8 Å². The lowest BCUT2D eigenvalue weighted by Gasteiger charge is -2.44. The van der Waals surface area contributed by atoms with Crippen LogP contribution in [0, 0.1) is 11.8 Å². The number of carbonyl (C=O) groups is 2. The Morgan fingerprint density at radius 1 is 0.976 bits per heavy atom. The van der Waals surface area contributed by atoms with Crippen molar-refractivity contribution in [3.8, 4) is 0 Å². The van der Waals surface area contributed by atoms with Gasteiger partial charge in [0.05, 0.1) is 18.1 Å². The van der Waals surface area contributed by atoms with E-state index in [9.17, 15) is 18.0 Å². The molecule has 2 aromatic rings. The van der Waals surface area contributed by atoms with Crippen LogP contribution in [0.2, 0.25) is 0 Å². The number of hydrogen-bond donors (Lipinski definition) is 2. The first kappa shape index (κ1) is 29.7. The van der Waals surface area contributed by atoms with Crippen LogP contribution in [0.15, 0.2) is 53.4 Å². The third-order valence-electron chi connectivity index (χ3n) is 8.93. The Bertz CT molecular complexity index is 1310. The molecule has 2 atom stereocenters. The molecule has 2 saturated heterocycles. The summed E-state index contributed by atoms with van der Waals surface area (Å²) in [5.74, 6) is -0.346. The summed E-state index contributed by atoms with van der Waals surface area (Å²) in [6, 6.07) is 13.7. The fourth-order valence-electron chi connectivity index (χ4n) is 6.61. The molecule has 41 heavy (non-hydrogen) atoms. The van der Waals surface area contributed by atoms with Crippen molar-refractivity contribution in [2.75, 3.05) is 39.4 Å². The number of amides is 2. The standard InChI is InChI=1S/C31H42N4O5S/c1-3-22(4-2)29-30(36)33-28(26-19-23-9-5-6-10-24(23)20-26)31(37)35(29)21-25-11-7-8-12-27(25)41(38,39)32-13-14-34-15-17-40-18-16-34/h5-12,22,26,28-29,32H,3-4,13-21H2,1-2H3,(H,33,36)/t28-,29-/m1/s1. The van der Waals surface area contributed by atoms with Gasteiger partial charge in [-0.15, -0.1) is 0 Å². The van der Waals surface area contributed by atoms with Crippen LogP contribution in [0.1, 0.15) is 43.4 Å². The Morgan fingerprint density at radius 3 is 2.27 bits per heavy atom. The van der Waals surface area contributed by atoms with Gasteiger partial charge >= 0.3 is 0 Å². The maximum Gasteiger partial charge on any atom is 0.246 e. The highest BCUT2D eigenvalue weighted by molar-refractivity contribution is 7.89. The zero-order valence-electron chi connectivity index (χ0n) is 24.1. The fourth-order valence-corrected chi connectivity index (χ4v) is 7.86. The number of morpholine rings is 1. The van der Waals surface area contributed by atoms with E-state index in [0.717, 1.165) is 38.8 Å². The first-order chi connectivity index (χ1) is 19.8. The monoisotopic (exact) mass is 582 g/mol. The Balaban J connectivity index is 1.38. The molecule has 2 fully saturated rings. The van der Waals surface area contributed by atoms with Crippen LogP contribution in [-0.2, 0) is 43.7 Å². The van der Waals surface area contributed by atoms with Gasteiger partial charge in [0.15, 0.2) is 0 Å². The SMILES string of the molecule is CCC(CC)[C@@H]1C(=O)N[C@H](C2Cc3ccccc3C2)C(=O)N1Cc1ccccc1S(=O)(=O)NCCN1CCOCC1.